The van der Waals surface area contributed by atoms with Gasteiger partial charge in [0.2, 0.25) is 5.91 Å². The van der Waals surface area contributed by atoms with Crippen LogP contribution in [-0.4, -0.2) is 54.9 Å². The highest BCUT2D eigenvalue weighted by atomic mass is 32.2. The third-order valence-corrected chi connectivity index (χ3v) is 5.22. The van der Waals surface area contributed by atoms with Crippen LogP contribution in [-0.2, 0) is 19.8 Å². The molecule has 0 heterocycles. The molecule has 0 radical (unpaired) electrons. The molecule has 1 unspecified atom stereocenters. The fourth-order valence-electron chi connectivity index (χ4n) is 2.31. The Morgan fingerprint density at radius 1 is 1.33 bits per heavy atom. The number of hydrogen-bond donors (Lipinski definition) is 3. The smallest absolute Gasteiger partial charge is 0.321 e. The average Bonchev–Trinajstić information content (AvgIpc) is 2.85. The van der Waals surface area contributed by atoms with Gasteiger partial charge in [0, 0.05) is 26.1 Å². The van der Waals surface area contributed by atoms with Crippen LogP contribution in [0, 0.1) is 0 Å². The van der Waals surface area contributed by atoms with E-state index in [1.165, 1.54) is 13.8 Å². The van der Waals surface area contributed by atoms with Crippen LogP contribution in [0.5, 0.6) is 0 Å². The Bertz CT molecular complexity index is 473. The maximum absolute atomic E-state index is 12.3. The van der Waals surface area contributed by atoms with Crippen LogP contribution in [0.1, 0.15) is 39.5 Å². The number of nitrogens with one attached hydrogen (secondary N) is 2. The number of amides is 1. The number of carbonyl (C=O) groups excluding carboxylic acids is 1. The summed E-state index contributed by atoms with van der Waals surface area (Å²) in [5.74, 6) is -1.52. The molecule has 1 atom stereocenters. The van der Waals surface area contributed by atoms with Gasteiger partial charge in [0.15, 0.2) is 0 Å². The monoisotopic (exact) mass is 321 g/mol. The van der Waals surface area contributed by atoms with E-state index in [-0.39, 0.29) is 25.0 Å². The van der Waals surface area contributed by atoms with Gasteiger partial charge in [-0.15, -0.1) is 0 Å². The Morgan fingerprint density at radius 3 is 2.38 bits per heavy atom. The molecule has 1 aliphatic carbocycles. The first-order valence-electron chi connectivity index (χ1n) is 7.00. The van der Waals surface area contributed by atoms with E-state index in [9.17, 15) is 18.0 Å². The lowest BCUT2D eigenvalue weighted by molar-refractivity contribution is -0.140. The summed E-state index contributed by atoms with van der Waals surface area (Å²) in [6, 6.07) is -1.34. The van der Waals surface area contributed by atoms with Gasteiger partial charge >= 0.3 is 5.97 Å². The summed E-state index contributed by atoms with van der Waals surface area (Å²) in [6.07, 6.45) is 3.46. The normalized spacial score (nSPS) is 17.9. The molecule has 1 amide bonds. The average molecular weight is 321 g/mol. The number of hydrogen-bond acceptors (Lipinski definition) is 4. The van der Waals surface area contributed by atoms with E-state index in [0.29, 0.717) is 0 Å². The van der Waals surface area contributed by atoms with Crippen molar-refractivity contribution in [1.82, 2.24) is 14.3 Å². The molecule has 8 nitrogen and oxygen atoms in total. The summed E-state index contributed by atoms with van der Waals surface area (Å²) in [5, 5.41) is 11.5. The number of carboxylic acid groups (broad SMARTS) is 1. The van der Waals surface area contributed by atoms with E-state index in [0.717, 1.165) is 30.0 Å². The second-order valence-electron chi connectivity index (χ2n) is 5.21. The third-order valence-electron chi connectivity index (χ3n) is 3.47. The van der Waals surface area contributed by atoms with E-state index in [4.69, 9.17) is 5.11 Å². The Balaban J connectivity index is 2.76. The van der Waals surface area contributed by atoms with Crippen molar-refractivity contribution < 1.29 is 23.1 Å². The first-order chi connectivity index (χ1) is 9.74. The van der Waals surface area contributed by atoms with E-state index in [1.54, 1.807) is 0 Å². The standard InChI is InChI=1S/C12H23N3O5S/c1-9(12(17)18)15(8-7-13-10(2)16)21(19,20)14-11-5-3-4-6-11/h9,11,14H,3-8H2,1-2H3,(H,13,16)(H,17,18). The fraction of sp³-hybridized carbons (Fsp3) is 0.833. The number of carboxylic acids is 1. The van der Waals surface area contributed by atoms with Gasteiger partial charge in [0.05, 0.1) is 0 Å². The highest BCUT2D eigenvalue weighted by Gasteiger charge is 2.33. The van der Waals surface area contributed by atoms with Gasteiger partial charge in [-0.2, -0.15) is 17.4 Å². The Labute approximate surface area is 125 Å². The molecular weight excluding hydrogens is 298 g/mol. The molecule has 1 saturated carbocycles. The van der Waals surface area contributed by atoms with Crippen molar-refractivity contribution in [3.05, 3.63) is 0 Å². The lowest BCUT2D eigenvalue weighted by Gasteiger charge is -2.27. The Morgan fingerprint density at radius 2 is 1.90 bits per heavy atom. The minimum Gasteiger partial charge on any atom is -0.480 e. The predicted molar refractivity (Wildman–Crippen MR) is 76.8 cm³/mol. The zero-order valence-electron chi connectivity index (χ0n) is 12.3. The molecule has 1 aliphatic rings. The number of nitrogens with zero attached hydrogens (tertiary/aromatic N) is 1. The maximum Gasteiger partial charge on any atom is 0.321 e. The van der Waals surface area contributed by atoms with Gasteiger partial charge in [-0.3, -0.25) is 9.59 Å². The lowest BCUT2D eigenvalue weighted by Crippen LogP contribution is -2.52. The van der Waals surface area contributed by atoms with Gasteiger partial charge in [-0.25, -0.2) is 0 Å². The molecule has 0 saturated heterocycles. The topological polar surface area (TPSA) is 116 Å². The quantitative estimate of drug-likeness (QED) is 0.566. The molecule has 9 heteroatoms. The first kappa shape index (κ1) is 17.9. The van der Waals surface area contributed by atoms with Crippen molar-refractivity contribution in [3.8, 4) is 0 Å². The lowest BCUT2D eigenvalue weighted by atomic mass is 10.3. The van der Waals surface area contributed by atoms with Gasteiger partial charge < -0.3 is 10.4 Å². The zero-order valence-corrected chi connectivity index (χ0v) is 13.1. The number of rotatable bonds is 8. The minimum atomic E-state index is -3.90. The van der Waals surface area contributed by atoms with Crippen LogP contribution in [0.15, 0.2) is 0 Å². The van der Waals surface area contributed by atoms with Crippen molar-refractivity contribution in [2.75, 3.05) is 13.1 Å². The highest BCUT2D eigenvalue weighted by molar-refractivity contribution is 7.87. The van der Waals surface area contributed by atoms with E-state index < -0.39 is 22.2 Å². The summed E-state index contributed by atoms with van der Waals surface area (Å²) in [7, 11) is -3.90. The van der Waals surface area contributed by atoms with Crippen LogP contribution >= 0.6 is 0 Å². The summed E-state index contributed by atoms with van der Waals surface area (Å²) in [6.45, 7) is 2.61. The predicted octanol–water partition coefficient (Wildman–Crippen LogP) is -0.325. The molecule has 0 aliphatic heterocycles. The fourth-order valence-corrected chi connectivity index (χ4v) is 3.94. The molecule has 0 bridgehead atoms. The molecule has 1 rings (SSSR count). The van der Waals surface area contributed by atoms with Crippen molar-refractivity contribution in [1.29, 1.82) is 0 Å². The van der Waals surface area contributed by atoms with E-state index in [2.05, 4.69) is 10.0 Å². The van der Waals surface area contributed by atoms with E-state index >= 15 is 0 Å². The third kappa shape index (κ3) is 5.60. The molecule has 0 spiro atoms. The van der Waals surface area contributed by atoms with Crippen molar-refractivity contribution in [3.63, 3.8) is 0 Å². The van der Waals surface area contributed by atoms with Gasteiger partial charge in [0.1, 0.15) is 6.04 Å². The Kier molecular flexibility index (Phi) is 6.56. The summed E-state index contributed by atoms with van der Waals surface area (Å²) < 4.78 is 28.1. The summed E-state index contributed by atoms with van der Waals surface area (Å²) in [4.78, 5) is 21.9. The first-order valence-corrected chi connectivity index (χ1v) is 8.44. The van der Waals surface area contributed by atoms with Crippen LogP contribution in [0.4, 0.5) is 0 Å². The van der Waals surface area contributed by atoms with Crippen molar-refractivity contribution >= 4 is 22.1 Å². The molecule has 0 aromatic carbocycles. The van der Waals surface area contributed by atoms with Gasteiger partial charge in [-0.1, -0.05) is 12.8 Å². The molecule has 3 N–H and O–H groups in total. The number of carbonyl (C=O) groups is 2. The second kappa shape index (κ2) is 7.71. The maximum atomic E-state index is 12.3. The molecule has 122 valence electrons. The molecule has 1 fully saturated rings. The van der Waals surface area contributed by atoms with E-state index in [1.807, 2.05) is 0 Å². The molecule has 0 aromatic heterocycles. The molecule has 21 heavy (non-hydrogen) atoms. The SMILES string of the molecule is CC(=O)NCCN(C(C)C(=O)O)S(=O)(=O)NC1CCCC1. The highest BCUT2D eigenvalue weighted by Crippen LogP contribution is 2.19. The van der Waals surface area contributed by atoms with Gasteiger partial charge in [0.25, 0.3) is 10.2 Å². The Hall–Kier alpha value is -1.19. The zero-order chi connectivity index (χ0) is 16.0. The minimum absolute atomic E-state index is 0.0680. The van der Waals surface area contributed by atoms with Crippen molar-refractivity contribution in [2.45, 2.75) is 51.6 Å². The summed E-state index contributed by atoms with van der Waals surface area (Å²) in [5.41, 5.74) is 0. The van der Waals surface area contributed by atoms with Crippen LogP contribution in [0.3, 0.4) is 0 Å². The molecule has 0 aromatic rings. The van der Waals surface area contributed by atoms with Crippen molar-refractivity contribution in [2.24, 2.45) is 0 Å². The van der Waals surface area contributed by atoms with Crippen LogP contribution in [0.2, 0.25) is 0 Å². The molecular formula is C12H23N3O5S. The van der Waals surface area contributed by atoms with Crippen LogP contribution in [0.25, 0.3) is 0 Å². The van der Waals surface area contributed by atoms with Gasteiger partial charge in [-0.05, 0) is 19.8 Å². The van der Waals surface area contributed by atoms with Crippen LogP contribution < -0.4 is 10.0 Å². The largest absolute Gasteiger partial charge is 0.480 e. The number of aliphatic carboxylic acids is 1. The second-order valence-corrected chi connectivity index (χ2v) is 6.87. The summed E-state index contributed by atoms with van der Waals surface area (Å²) >= 11 is 0.